The molecule has 0 saturated heterocycles. The lowest BCUT2D eigenvalue weighted by molar-refractivity contribution is 0.506. The SMILES string of the molecule is C=C(C)C(C)CC(=NC)N(C)CC. The molecule has 2 heteroatoms. The summed E-state index contributed by atoms with van der Waals surface area (Å²) in [5.41, 5.74) is 1.23. The lowest BCUT2D eigenvalue weighted by atomic mass is 10.00. The average Bonchev–Trinajstić information content (AvgIpc) is 2.12. The van der Waals surface area contributed by atoms with Crippen molar-refractivity contribution in [3.05, 3.63) is 12.2 Å². The van der Waals surface area contributed by atoms with Crippen molar-refractivity contribution in [2.75, 3.05) is 20.6 Å². The Morgan fingerprint density at radius 2 is 2.08 bits per heavy atom. The first kappa shape index (κ1) is 12.2. The Kier molecular flexibility index (Phi) is 5.44. The highest BCUT2D eigenvalue weighted by Gasteiger charge is 2.09. The summed E-state index contributed by atoms with van der Waals surface area (Å²) >= 11 is 0. The highest BCUT2D eigenvalue weighted by Crippen LogP contribution is 2.13. The molecule has 0 N–H and O–H groups in total. The summed E-state index contributed by atoms with van der Waals surface area (Å²) in [7, 11) is 3.93. The van der Waals surface area contributed by atoms with Crippen molar-refractivity contribution < 1.29 is 0 Å². The van der Waals surface area contributed by atoms with Gasteiger partial charge in [0.2, 0.25) is 0 Å². The summed E-state index contributed by atoms with van der Waals surface area (Å²) in [6, 6.07) is 0. The van der Waals surface area contributed by atoms with Gasteiger partial charge in [-0.15, -0.1) is 0 Å². The van der Waals surface area contributed by atoms with E-state index in [1.165, 1.54) is 5.57 Å². The summed E-state index contributed by atoms with van der Waals surface area (Å²) in [6.07, 6.45) is 0.996. The molecule has 0 radical (unpaired) electrons. The van der Waals surface area contributed by atoms with E-state index in [1.54, 1.807) is 0 Å². The highest BCUT2D eigenvalue weighted by molar-refractivity contribution is 5.82. The van der Waals surface area contributed by atoms with Gasteiger partial charge in [0.25, 0.3) is 0 Å². The van der Waals surface area contributed by atoms with Crippen molar-refractivity contribution in [2.24, 2.45) is 10.9 Å². The average molecular weight is 182 g/mol. The van der Waals surface area contributed by atoms with Crippen molar-refractivity contribution in [1.82, 2.24) is 4.90 Å². The largest absolute Gasteiger partial charge is 0.364 e. The van der Waals surface area contributed by atoms with Gasteiger partial charge in [0.1, 0.15) is 0 Å². The van der Waals surface area contributed by atoms with E-state index in [0.717, 1.165) is 18.8 Å². The number of hydrogen-bond acceptors (Lipinski definition) is 1. The standard InChI is InChI=1S/C11H22N2/c1-7-13(6)11(12-5)8-10(4)9(2)3/h10H,2,7-8H2,1,3-6H3. The molecule has 0 aromatic heterocycles. The van der Waals surface area contributed by atoms with Crippen LogP contribution in [0.3, 0.4) is 0 Å². The zero-order chi connectivity index (χ0) is 10.4. The molecule has 0 heterocycles. The van der Waals surface area contributed by atoms with E-state index in [2.05, 4.69) is 44.3 Å². The normalized spacial score (nSPS) is 14.1. The predicted octanol–water partition coefficient (Wildman–Crippen LogP) is 2.57. The predicted molar refractivity (Wildman–Crippen MR) is 60.3 cm³/mol. The zero-order valence-corrected chi connectivity index (χ0v) is 9.59. The minimum absolute atomic E-state index is 0.521. The van der Waals surface area contributed by atoms with Crippen molar-refractivity contribution in [3.63, 3.8) is 0 Å². The van der Waals surface area contributed by atoms with Crippen molar-refractivity contribution in [2.45, 2.75) is 27.2 Å². The minimum atomic E-state index is 0.521. The molecule has 0 aromatic rings. The lowest BCUT2D eigenvalue weighted by Crippen LogP contribution is -2.28. The molecule has 0 spiro atoms. The van der Waals surface area contributed by atoms with Crippen LogP contribution in [0.2, 0.25) is 0 Å². The van der Waals surface area contributed by atoms with Crippen LogP contribution in [-0.2, 0) is 0 Å². The van der Waals surface area contributed by atoms with Gasteiger partial charge in [-0.1, -0.05) is 19.1 Å². The molecule has 0 aliphatic heterocycles. The molecule has 13 heavy (non-hydrogen) atoms. The van der Waals surface area contributed by atoms with Gasteiger partial charge < -0.3 is 4.90 Å². The number of rotatable bonds is 4. The second-order valence-electron chi connectivity index (χ2n) is 3.61. The molecule has 1 atom stereocenters. The van der Waals surface area contributed by atoms with Gasteiger partial charge in [-0.25, -0.2) is 0 Å². The van der Waals surface area contributed by atoms with Crippen molar-refractivity contribution in [1.29, 1.82) is 0 Å². The van der Waals surface area contributed by atoms with Gasteiger partial charge in [0, 0.05) is 27.1 Å². The summed E-state index contributed by atoms with van der Waals surface area (Å²) in [5, 5.41) is 0. The summed E-state index contributed by atoms with van der Waals surface area (Å²) in [5.74, 6) is 1.69. The first-order chi connectivity index (χ1) is 6.02. The molecule has 0 rings (SSSR count). The van der Waals surface area contributed by atoms with Crippen LogP contribution >= 0.6 is 0 Å². The number of allylic oxidation sites excluding steroid dienone is 1. The Hall–Kier alpha value is -0.790. The highest BCUT2D eigenvalue weighted by atomic mass is 15.1. The quantitative estimate of drug-likeness (QED) is 0.370. The molecule has 0 aliphatic carbocycles. The van der Waals surface area contributed by atoms with E-state index in [4.69, 9.17) is 0 Å². The lowest BCUT2D eigenvalue weighted by Gasteiger charge is -2.22. The molecule has 0 bridgehead atoms. The molecular weight excluding hydrogens is 160 g/mol. The van der Waals surface area contributed by atoms with E-state index >= 15 is 0 Å². The van der Waals surface area contributed by atoms with Crippen LogP contribution < -0.4 is 0 Å². The monoisotopic (exact) mass is 182 g/mol. The molecule has 76 valence electrons. The van der Waals surface area contributed by atoms with Crippen LogP contribution in [-0.4, -0.2) is 31.4 Å². The molecule has 2 nitrogen and oxygen atoms in total. The van der Waals surface area contributed by atoms with E-state index in [1.807, 2.05) is 7.05 Å². The molecule has 0 fully saturated rings. The first-order valence-electron chi connectivity index (χ1n) is 4.85. The third-order valence-electron chi connectivity index (χ3n) is 2.50. The van der Waals surface area contributed by atoms with E-state index in [9.17, 15) is 0 Å². The third kappa shape index (κ3) is 4.11. The Bertz CT molecular complexity index is 194. The van der Waals surface area contributed by atoms with Crippen LogP contribution in [0, 0.1) is 5.92 Å². The van der Waals surface area contributed by atoms with E-state index in [-0.39, 0.29) is 0 Å². The second-order valence-corrected chi connectivity index (χ2v) is 3.61. The number of nitrogens with zero attached hydrogens (tertiary/aromatic N) is 2. The molecule has 1 unspecified atom stereocenters. The van der Waals surface area contributed by atoms with Crippen molar-refractivity contribution in [3.8, 4) is 0 Å². The fourth-order valence-corrected chi connectivity index (χ4v) is 1.05. The fraction of sp³-hybridized carbons (Fsp3) is 0.727. The molecule has 0 aromatic carbocycles. The molecule has 0 amide bonds. The summed E-state index contributed by atoms with van der Waals surface area (Å²) in [6.45, 7) is 11.4. The number of aliphatic imine (C=N–C) groups is 1. The molecule has 0 aliphatic rings. The van der Waals surface area contributed by atoms with Crippen LogP contribution in [0.25, 0.3) is 0 Å². The van der Waals surface area contributed by atoms with Crippen molar-refractivity contribution >= 4 is 5.84 Å². The van der Waals surface area contributed by atoms with E-state index < -0.39 is 0 Å². The Morgan fingerprint density at radius 1 is 1.54 bits per heavy atom. The van der Waals surface area contributed by atoms with Gasteiger partial charge in [0.05, 0.1) is 5.84 Å². The Labute approximate surface area is 82.4 Å². The van der Waals surface area contributed by atoms with Gasteiger partial charge >= 0.3 is 0 Å². The van der Waals surface area contributed by atoms with Crippen LogP contribution in [0.15, 0.2) is 17.1 Å². The minimum Gasteiger partial charge on any atom is -0.364 e. The van der Waals surface area contributed by atoms with E-state index in [0.29, 0.717) is 5.92 Å². The van der Waals surface area contributed by atoms with Crippen LogP contribution in [0.1, 0.15) is 27.2 Å². The van der Waals surface area contributed by atoms with Gasteiger partial charge in [0.15, 0.2) is 0 Å². The smallest absolute Gasteiger partial charge is 0.0988 e. The number of hydrogen-bond donors (Lipinski definition) is 0. The maximum atomic E-state index is 4.28. The molecule has 0 saturated carbocycles. The Morgan fingerprint density at radius 3 is 2.38 bits per heavy atom. The van der Waals surface area contributed by atoms with Crippen LogP contribution in [0.5, 0.6) is 0 Å². The summed E-state index contributed by atoms with van der Waals surface area (Å²) < 4.78 is 0. The zero-order valence-electron chi connectivity index (χ0n) is 9.59. The third-order valence-corrected chi connectivity index (χ3v) is 2.50. The Balaban J connectivity index is 4.22. The maximum absolute atomic E-state index is 4.28. The van der Waals surface area contributed by atoms with Gasteiger partial charge in [-0.2, -0.15) is 0 Å². The number of amidine groups is 1. The topological polar surface area (TPSA) is 15.6 Å². The maximum Gasteiger partial charge on any atom is 0.0988 e. The molecular formula is C11H22N2. The van der Waals surface area contributed by atoms with Crippen LogP contribution in [0.4, 0.5) is 0 Å². The van der Waals surface area contributed by atoms with Gasteiger partial charge in [-0.3, -0.25) is 4.99 Å². The van der Waals surface area contributed by atoms with Gasteiger partial charge in [-0.05, 0) is 19.8 Å². The second kappa shape index (κ2) is 5.79. The first-order valence-corrected chi connectivity index (χ1v) is 4.85. The fourth-order valence-electron chi connectivity index (χ4n) is 1.05. The summed E-state index contributed by atoms with van der Waals surface area (Å²) in [4.78, 5) is 6.46.